The van der Waals surface area contributed by atoms with Crippen LogP contribution in [0, 0.1) is 11.3 Å². The standard InChI is InChI=1S/C14H14N4O/c1-2-7-18-8-6-13(17-18)16-14(19)12-5-3-4-11(9-12)10-15/h3-6,8-9H,2,7H2,1H3,(H,16,17,19). The fraction of sp³-hybridized carbons (Fsp3) is 0.214. The minimum Gasteiger partial charge on any atom is -0.305 e. The van der Waals surface area contributed by atoms with Gasteiger partial charge in [0.15, 0.2) is 5.82 Å². The van der Waals surface area contributed by atoms with Crippen molar-refractivity contribution in [1.82, 2.24) is 9.78 Å². The lowest BCUT2D eigenvalue weighted by Gasteiger charge is -2.02. The Morgan fingerprint density at radius 3 is 3.05 bits per heavy atom. The Morgan fingerprint density at radius 2 is 2.32 bits per heavy atom. The molecule has 0 aliphatic heterocycles. The Bertz CT molecular complexity index is 624. The van der Waals surface area contributed by atoms with Crippen LogP contribution in [-0.4, -0.2) is 15.7 Å². The van der Waals surface area contributed by atoms with E-state index in [-0.39, 0.29) is 5.91 Å². The highest BCUT2D eigenvalue weighted by molar-refractivity contribution is 6.03. The molecule has 0 atom stereocenters. The van der Waals surface area contributed by atoms with E-state index in [0.29, 0.717) is 16.9 Å². The van der Waals surface area contributed by atoms with E-state index < -0.39 is 0 Å². The molecule has 5 nitrogen and oxygen atoms in total. The normalized spacial score (nSPS) is 9.89. The van der Waals surface area contributed by atoms with Crippen molar-refractivity contribution in [3.05, 3.63) is 47.7 Å². The molecule has 0 fully saturated rings. The van der Waals surface area contributed by atoms with Gasteiger partial charge in [0.1, 0.15) is 0 Å². The molecule has 1 heterocycles. The van der Waals surface area contributed by atoms with Gasteiger partial charge in [0.25, 0.3) is 5.91 Å². The second-order valence-electron chi connectivity index (χ2n) is 4.11. The van der Waals surface area contributed by atoms with E-state index in [9.17, 15) is 4.79 Å². The summed E-state index contributed by atoms with van der Waals surface area (Å²) in [4.78, 5) is 12.0. The summed E-state index contributed by atoms with van der Waals surface area (Å²) in [7, 11) is 0. The third-order valence-electron chi connectivity index (χ3n) is 2.59. The van der Waals surface area contributed by atoms with Crippen LogP contribution in [0.25, 0.3) is 0 Å². The summed E-state index contributed by atoms with van der Waals surface area (Å²) >= 11 is 0. The molecule has 0 radical (unpaired) electrons. The van der Waals surface area contributed by atoms with Crippen molar-refractivity contribution in [3.8, 4) is 6.07 Å². The number of hydrogen-bond acceptors (Lipinski definition) is 3. The number of nitrogens with one attached hydrogen (secondary N) is 1. The molecule has 19 heavy (non-hydrogen) atoms. The molecule has 1 amide bonds. The van der Waals surface area contributed by atoms with Crippen LogP contribution in [-0.2, 0) is 6.54 Å². The van der Waals surface area contributed by atoms with Gasteiger partial charge < -0.3 is 5.32 Å². The van der Waals surface area contributed by atoms with Crippen molar-refractivity contribution in [2.45, 2.75) is 19.9 Å². The number of carbonyl (C=O) groups is 1. The van der Waals surface area contributed by atoms with Crippen LogP contribution >= 0.6 is 0 Å². The Morgan fingerprint density at radius 1 is 1.47 bits per heavy atom. The Kier molecular flexibility index (Phi) is 3.94. The number of benzene rings is 1. The van der Waals surface area contributed by atoms with Gasteiger partial charge in [0, 0.05) is 24.4 Å². The van der Waals surface area contributed by atoms with Crippen molar-refractivity contribution in [3.63, 3.8) is 0 Å². The Hall–Kier alpha value is -2.61. The zero-order valence-corrected chi connectivity index (χ0v) is 10.6. The Balaban J connectivity index is 2.09. The van der Waals surface area contributed by atoms with Gasteiger partial charge in [-0.15, -0.1) is 0 Å². The summed E-state index contributed by atoms with van der Waals surface area (Å²) in [5, 5.41) is 15.7. The number of rotatable bonds is 4. The van der Waals surface area contributed by atoms with Crippen LogP contribution in [0.3, 0.4) is 0 Å². The van der Waals surface area contributed by atoms with E-state index in [1.54, 1.807) is 35.0 Å². The summed E-state index contributed by atoms with van der Waals surface area (Å²) in [5.74, 6) is 0.250. The van der Waals surface area contributed by atoms with Crippen LogP contribution in [0.5, 0.6) is 0 Å². The van der Waals surface area contributed by atoms with Crippen molar-refractivity contribution in [1.29, 1.82) is 5.26 Å². The highest BCUT2D eigenvalue weighted by atomic mass is 16.1. The van der Waals surface area contributed by atoms with Crippen molar-refractivity contribution >= 4 is 11.7 Å². The van der Waals surface area contributed by atoms with E-state index >= 15 is 0 Å². The van der Waals surface area contributed by atoms with Gasteiger partial charge in [0.2, 0.25) is 0 Å². The maximum Gasteiger partial charge on any atom is 0.256 e. The van der Waals surface area contributed by atoms with E-state index in [0.717, 1.165) is 13.0 Å². The van der Waals surface area contributed by atoms with Crippen LogP contribution in [0.15, 0.2) is 36.5 Å². The summed E-state index contributed by atoms with van der Waals surface area (Å²) in [6.07, 6.45) is 2.81. The first-order valence-electron chi connectivity index (χ1n) is 6.08. The average molecular weight is 254 g/mol. The van der Waals surface area contributed by atoms with Gasteiger partial charge in [-0.1, -0.05) is 13.0 Å². The quantitative estimate of drug-likeness (QED) is 0.910. The zero-order chi connectivity index (χ0) is 13.7. The smallest absolute Gasteiger partial charge is 0.256 e. The molecule has 0 saturated carbocycles. The van der Waals surface area contributed by atoms with Gasteiger partial charge in [-0.25, -0.2) is 0 Å². The fourth-order valence-corrected chi connectivity index (χ4v) is 1.70. The number of hydrogen-bond donors (Lipinski definition) is 1. The molecule has 5 heteroatoms. The van der Waals surface area contributed by atoms with Crippen LogP contribution in [0.1, 0.15) is 29.3 Å². The number of aryl methyl sites for hydroxylation is 1. The largest absolute Gasteiger partial charge is 0.305 e. The van der Waals surface area contributed by atoms with Gasteiger partial charge in [-0.2, -0.15) is 10.4 Å². The molecule has 0 unspecified atom stereocenters. The monoisotopic (exact) mass is 254 g/mol. The second kappa shape index (κ2) is 5.83. The lowest BCUT2D eigenvalue weighted by atomic mass is 10.1. The molecule has 0 spiro atoms. The van der Waals surface area contributed by atoms with Crippen molar-refractivity contribution < 1.29 is 4.79 Å². The van der Waals surface area contributed by atoms with Crippen molar-refractivity contribution in [2.75, 3.05) is 5.32 Å². The first-order valence-corrected chi connectivity index (χ1v) is 6.08. The maximum absolute atomic E-state index is 12.0. The lowest BCUT2D eigenvalue weighted by Crippen LogP contribution is -2.12. The number of nitriles is 1. The van der Waals surface area contributed by atoms with Gasteiger partial charge in [0.05, 0.1) is 11.6 Å². The summed E-state index contributed by atoms with van der Waals surface area (Å²) in [6, 6.07) is 10.3. The first kappa shape index (κ1) is 12.8. The molecular weight excluding hydrogens is 240 g/mol. The van der Waals surface area contributed by atoms with E-state index in [4.69, 9.17) is 5.26 Å². The summed E-state index contributed by atoms with van der Waals surface area (Å²) < 4.78 is 1.78. The number of amides is 1. The van der Waals surface area contributed by atoms with E-state index in [2.05, 4.69) is 17.3 Å². The predicted molar refractivity (Wildman–Crippen MR) is 71.6 cm³/mol. The number of anilines is 1. The molecule has 0 bridgehead atoms. The predicted octanol–water partition coefficient (Wildman–Crippen LogP) is 2.42. The molecule has 2 rings (SSSR count). The van der Waals surface area contributed by atoms with Gasteiger partial charge >= 0.3 is 0 Å². The fourth-order valence-electron chi connectivity index (χ4n) is 1.70. The summed E-state index contributed by atoms with van der Waals surface area (Å²) in [6.45, 7) is 2.88. The molecule has 1 aromatic carbocycles. The summed E-state index contributed by atoms with van der Waals surface area (Å²) in [5.41, 5.74) is 0.910. The molecule has 2 aromatic rings. The van der Waals surface area contributed by atoms with Crippen LogP contribution < -0.4 is 5.32 Å². The van der Waals surface area contributed by atoms with Crippen LogP contribution in [0.2, 0.25) is 0 Å². The zero-order valence-electron chi connectivity index (χ0n) is 10.6. The Labute approximate surface area is 111 Å². The topological polar surface area (TPSA) is 70.7 Å². The SMILES string of the molecule is CCCn1ccc(NC(=O)c2cccc(C#N)c2)n1. The molecule has 0 aliphatic rings. The molecular formula is C14H14N4O. The average Bonchev–Trinajstić information content (AvgIpc) is 2.86. The third kappa shape index (κ3) is 3.19. The molecule has 0 saturated heterocycles. The second-order valence-corrected chi connectivity index (χ2v) is 4.11. The van der Waals surface area contributed by atoms with Gasteiger partial charge in [-0.05, 0) is 24.6 Å². The molecule has 1 aromatic heterocycles. The molecule has 96 valence electrons. The minimum atomic E-state index is -0.265. The lowest BCUT2D eigenvalue weighted by molar-refractivity contribution is 0.102. The molecule has 0 aliphatic carbocycles. The highest BCUT2D eigenvalue weighted by Crippen LogP contribution is 2.09. The van der Waals surface area contributed by atoms with E-state index in [1.165, 1.54) is 0 Å². The van der Waals surface area contributed by atoms with Gasteiger partial charge in [-0.3, -0.25) is 9.48 Å². The van der Waals surface area contributed by atoms with Crippen molar-refractivity contribution in [2.24, 2.45) is 0 Å². The third-order valence-corrected chi connectivity index (χ3v) is 2.59. The number of aromatic nitrogens is 2. The minimum absolute atomic E-state index is 0.265. The first-order chi connectivity index (χ1) is 9.22. The maximum atomic E-state index is 12.0. The van der Waals surface area contributed by atoms with E-state index in [1.807, 2.05) is 12.3 Å². The highest BCUT2D eigenvalue weighted by Gasteiger charge is 2.08. The molecule has 1 N–H and O–H groups in total. The number of nitrogens with zero attached hydrogens (tertiary/aromatic N) is 3. The van der Waals surface area contributed by atoms with Crippen LogP contribution in [0.4, 0.5) is 5.82 Å². The number of carbonyl (C=O) groups excluding carboxylic acids is 1.